The maximum atomic E-state index is 6.48. The third-order valence-corrected chi connectivity index (χ3v) is 12.4. The molecule has 5 aromatic rings. The molecule has 0 fully saturated rings. The fourth-order valence-electron chi connectivity index (χ4n) is 10.1. The molecule has 0 amide bonds. The van der Waals surface area contributed by atoms with E-state index in [1.807, 2.05) is 0 Å². The minimum absolute atomic E-state index is 0.0771. The molecule has 1 atom stereocenters. The fraction of sp³-hybridized carbons (Fsp3) is 0.217. The quantitative estimate of drug-likeness (QED) is 0.196. The summed E-state index contributed by atoms with van der Waals surface area (Å²) in [6.45, 7) is 9.45. The van der Waals surface area contributed by atoms with Crippen LogP contribution in [0.3, 0.4) is 0 Å². The number of nitrogens with zero attached hydrogens (tertiary/aromatic N) is 1. The van der Waals surface area contributed by atoms with E-state index in [1.54, 1.807) is 0 Å². The molecule has 0 saturated carbocycles. The number of furan rings is 1. The zero-order valence-electron chi connectivity index (χ0n) is 27.8. The van der Waals surface area contributed by atoms with E-state index in [0.717, 1.165) is 36.3 Å². The number of anilines is 2. The molecule has 1 unspecified atom stereocenters. The largest absolute Gasteiger partial charge is 0.456 e. The van der Waals surface area contributed by atoms with Crippen molar-refractivity contribution in [1.82, 2.24) is 0 Å². The van der Waals surface area contributed by atoms with Crippen LogP contribution >= 0.6 is 0 Å². The van der Waals surface area contributed by atoms with Gasteiger partial charge >= 0.3 is 0 Å². The Balaban J connectivity index is 1.20. The maximum absolute atomic E-state index is 6.48. The number of hydrogen-bond donors (Lipinski definition) is 0. The smallest absolute Gasteiger partial charge is 0.135 e. The van der Waals surface area contributed by atoms with E-state index in [2.05, 4.69) is 148 Å². The van der Waals surface area contributed by atoms with Gasteiger partial charge in [0.15, 0.2) is 0 Å². The summed E-state index contributed by atoms with van der Waals surface area (Å²) in [5.41, 5.74) is 19.1. The highest BCUT2D eigenvalue weighted by atomic mass is 16.3. The topological polar surface area (TPSA) is 16.4 Å². The van der Waals surface area contributed by atoms with Gasteiger partial charge in [-0.2, -0.15) is 0 Å². The number of hydrogen-bond acceptors (Lipinski definition) is 2. The molecule has 230 valence electrons. The molecule has 2 nitrogen and oxygen atoms in total. The van der Waals surface area contributed by atoms with Crippen LogP contribution in [0.5, 0.6) is 0 Å². The first-order valence-electron chi connectivity index (χ1n) is 17.4. The van der Waals surface area contributed by atoms with Crippen LogP contribution in [0.25, 0.3) is 33.7 Å². The van der Waals surface area contributed by atoms with Crippen molar-refractivity contribution in [2.45, 2.75) is 57.8 Å². The summed E-state index contributed by atoms with van der Waals surface area (Å²) >= 11 is 0. The summed E-state index contributed by atoms with van der Waals surface area (Å²) in [6, 6.07) is 34.2. The van der Waals surface area contributed by atoms with E-state index in [9.17, 15) is 0 Å². The van der Waals surface area contributed by atoms with Crippen LogP contribution in [0.4, 0.5) is 11.4 Å². The average molecular weight is 618 g/mol. The molecule has 1 spiro atoms. The third kappa shape index (κ3) is 3.03. The normalized spacial score (nSPS) is 22.8. The van der Waals surface area contributed by atoms with Crippen LogP contribution in [-0.2, 0) is 17.3 Å². The van der Waals surface area contributed by atoms with Gasteiger partial charge in [0.05, 0.1) is 16.8 Å². The second-order valence-corrected chi connectivity index (χ2v) is 15.5. The molecule has 2 heteroatoms. The minimum Gasteiger partial charge on any atom is -0.456 e. The molecule has 48 heavy (non-hydrogen) atoms. The van der Waals surface area contributed by atoms with Crippen LogP contribution in [0.1, 0.15) is 74.1 Å². The number of fused-ring (bicyclic) bond motifs is 6. The molecule has 1 aromatic heterocycles. The zero-order valence-corrected chi connectivity index (χ0v) is 27.8. The average Bonchev–Trinajstić information content (AvgIpc) is 3.79. The molecule has 11 rings (SSSR count). The Morgan fingerprint density at radius 1 is 0.792 bits per heavy atom. The molecular formula is C46H35NO. The summed E-state index contributed by atoms with van der Waals surface area (Å²) in [5, 5.41) is 1.24. The van der Waals surface area contributed by atoms with E-state index < -0.39 is 0 Å². The predicted molar refractivity (Wildman–Crippen MR) is 195 cm³/mol. The molecule has 0 N–H and O–H groups in total. The van der Waals surface area contributed by atoms with Gasteiger partial charge in [-0.1, -0.05) is 113 Å². The number of para-hydroxylation sites is 1. The number of aryl methyl sites for hydroxylation is 1. The minimum atomic E-state index is -0.255. The van der Waals surface area contributed by atoms with E-state index in [4.69, 9.17) is 4.42 Å². The van der Waals surface area contributed by atoms with E-state index in [-0.39, 0.29) is 16.2 Å². The Kier molecular flexibility index (Phi) is 4.80. The first-order chi connectivity index (χ1) is 23.3. The Morgan fingerprint density at radius 3 is 2.54 bits per heavy atom. The predicted octanol–water partition coefficient (Wildman–Crippen LogP) is 11.3. The van der Waals surface area contributed by atoms with Crippen LogP contribution in [-0.4, -0.2) is 0 Å². The molecule has 0 bridgehead atoms. The second kappa shape index (κ2) is 8.60. The molecule has 0 radical (unpaired) electrons. The zero-order chi connectivity index (χ0) is 32.2. The first kappa shape index (κ1) is 26.8. The van der Waals surface area contributed by atoms with Crippen LogP contribution in [0.15, 0.2) is 124 Å². The number of allylic oxidation sites excluding steroid dienone is 7. The standard InChI is InChI=1S/C46H35NO/c1-44(2)34-13-7-5-11-30(34)33-26-28(19-21-35(33)44)47-38-16-9-14-36-41(38)42-37(45(36,3)4)15-10-23-46(42)24-22-29(43(46)47)27-18-20-32-31-12-6-8-17-39(31)48-40(32)25-27/h5-17,22,24-26H,18,20,23H2,1-4H3. The van der Waals surface area contributed by atoms with Crippen molar-refractivity contribution < 1.29 is 4.42 Å². The lowest BCUT2D eigenvalue weighted by molar-refractivity contribution is 0.584. The van der Waals surface area contributed by atoms with Crippen molar-refractivity contribution >= 4 is 34.0 Å². The van der Waals surface area contributed by atoms with Gasteiger partial charge in [0.1, 0.15) is 11.3 Å². The van der Waals surface area contributed by atoms with Gasteiger partial charge in [0.2, 0.25) is 0 Å². The summed E-state index contributed by atoms with van der Waals surface area (Å²) in [5.74, 6) is 1.01. The summed E-state index contributed by atoms with van der Waals surface area (Å²) < 4.78 is 6.48. The Labute approximate surface area is 282 Å². The SMILES string of the molecule is CC1(C)C2=C3c4c(cccc41)N(c1c#cc4c(c1)-c1ccccc1C4(C)C)C1=C(C4=Cc5oc6ccccc6c5CC4)C=CC31CC=C2. The third-order valence-electron chi connectivity index (χ3n) is 12.4. The number of rotatable bonds is 2. The van der Waals surface area contributed by atoms with Crippen molar-refractivity contribution in [1.29, 1.82) is 0 Å². The molecule has 2 heterocycles. The summed E-state index contributed by atoms with van der Waals surface area (Å²) in [4.78, 5) is 2.57. The van der Waals surface area contributed by atoms with Crippen molar-refractivity contribution in [2.75, 3.05) is 4.90 Å². The second-order valence-electron chi connectivity index (χ2n) is 15.5. The fourth-order valence-corrected chi connectivity index (χ4v) is 10.1. The van der Waals surface area contributed by atoms with Gasteiger partial charge in [0.25, 0.3) is 0 Å². The van der Waals surface area contributed by atoms with E-state index in [0.29, 0.717) is 0 Å². The Hall–Kier alpha value is -5.26. The van der Waals surface area contributed by atoms with Crippen LogP contribution in [0, 0.1) is 17.5 Å². The molecule has 0 saturated heterocycles. The summed E-state index contributed by atoms with van der Waals surface area (Å²) in [6.07, 6.45) is 15.0. The van der Waals surface area contributed by atoms with Crippen LogP contribution < -0.4 is 4.90 Å². The van der Waals surface area contributed by atoms with Crippen molar-refractivity contribution in [3.8, 4) is 11.1 Å². The van der Waals surface area contributed by atoms with Gasteiger partial charge in [-0.05, 0) is 94.2 Å². The first-order valence-corrected chi connectivity index (χ1v) is 17.4. The van der Waals surface area contributed by atoms with Crippen molar-refractivity contribution in [3.63, 3.8) is 0 Å². The number of benzene rings is 3. The maximum Gasteiger partial charge on any atom is 0.135 e. The van der Waals surface area contributed by atoms with Gasteiger partial charge in [-0.15, -0.1) is 0 Å². The molecule has 1 aliphatic heterocycles. The summed E-state index contributed by atoms with van der Waals surface area (Å²) in [7, 11) is 0. The molecule has 4 aromatic carbocycles. The molecule has 6 aliphatic rings. The highest BCUT2D eigenvalue weighted by Crippen LogP contribution is 2.68. The Bertz CT molecular complexity index is 2490. The van der Waals surface area contributed by atoms with Gasteiger partial charge in [-0.25, -0.2) is 0 Å². The monoisotopic (exact) mass is 617 g/mol. The highest BCUT2D eigenvalue weighted by molar-refractivity contribution is 6.02. The molecular weight excluding hydrogens is 583 g/mol. The van der Waals surface area contributed by atoms with E-state index in [1.165, 1.54) is 78.0 Å². The molecule has 5 aliphatic carbocycles. The van der Waals surface area contributed by atoms with Gasteiger partial charge in [-0.3, -0.25) is 0 Å². The van der Waals surface area contributed by atoms with E-state index >= 15 is 0 Å². The van der Waals surface area contributed by atoms with Crippen molar-refractivity contribution in [2.24, 2.45) is 5.41 Å². The van der Waals surface area contributed by atoms with Crippen LogP contribution in [0.2, 0.25) is 0 Å². The lowest BCUT2D eigenvalue weighted by atomic mass is 9.66. The van der Waals surface area contributed by atoms with Crippen molar-refractivity contribution in [3.05, 3.63) is 165 Å². The highest BCUT2D eigenvalue weighted by Gasteiger charge is 2.56. The Morgan fingerprint density at radius 2 is 1.62 bits per heavy atom. The van der Waals surface area contributed by atoms with Gasteiger partial charge < -0.3 is 9.32 Å². The van der Waals surface area contributed by atoms with Gasteiger partial charge in [0, 0.05) is 38.6 Å². The lowest BCUT2D eigenvalue weighted by Gasteiger charge is -2.46. The lowest BCUT2D eigenvalue weighted by Crippen LogP contribution is -2.37.